The maximum absolute atomic E-state index is 12.9. The quantitative estimate of drug-likeness (QED) is 0.744. The van der Waals surface area contributed by atoms with Gasteiger partial charge in [-0.25, -0.2) is 9.07 Å². The van der Waals surface area contributed by atoms with Crippen molar-refractivity contribution in [3.63, 3.8) is 0 Å². The number of aryl methyl sites for hydroxylation is 2. The van der Waals surface area contributed by atoms with E-state index in [1.54, 1.807) is 23.9 Å². The van der Waals surface area contributed by atoms with Crippen molar-refractivity contribution in [2.24, 2.45) is 0 Å². The van der Waals surface area contributed by atoms with Crippen molar-refractivity contribution in [2.45, 2.75) is 25.9 Å². The second-order valence-corrected chi connectivity index (χ2v) is 4.81. The molecule has 0 amide bonds. The summed E-state index contributed by atoms with van der Waals surface area (Å²) in [7, 11) is 1.67. The van der Waals surface area contributed by atoms with E-state index in [0.29, 0.717) is 13.2 Å². The van der Waals surface area contributed by atoms with Crippen LogP contribution in [0.5, 0.6) is 0 Å². The minimum atomic E-state index is -0.224. The molecule has 0 spiro atoms. The first kappa shape index (κ1) is 15.5. The van der Waals surface area contributed by atoms with Crippen molar-refractivity contribution in [3.05, 3.63) is 41.5 Å². The predicted molar refractivity (Wildman–Crippen MR) is 76.2 cm³/mol. The van der Waals surface area contributed by atoms with E-state index in [4.69, 9.17) is 4.74 Å². The number of aromatic nitrogens is 4. The van der Waals surface area contributed by atoms with Gasteiger partial charge < -0.3 is 10.1 Å². The molecular weight excluding hydrogens is 273 g/mol. The Labute approximate surface area is 123 Å². The Balaban J connectivity index is 1.92. The number of nitrogens with zero attached hydrogens (tertiary/aromatic N) is 4. The smallest absolute Gasteiger partial charge is 0.167 e. The van der Waals surface area contributed by atoms with Gasteiger partial charge in [0.25, 0.3) is 0 Å². The molecule has 1 heterocycles. The van der Waals surface area contributed by atoms with Crippen molar-refractivity contribution in [3.8, 4) is 0 Å². The summed E-state index contributed by atoms with van der Waals surface area (Å²) in [4.78, 5) is 0. The Bertz CT molecular complexity index is 543. The van der Waals surface area contributed by atoms with E-state index in [9.17, 15) is 4.39 Å². The maximum Gasteiger partial charge on any atom is 0.167 e. The van der Waals surface area contributed by atoms with Gasteiger partial charge in [0.1, 0.15) is 5.82 Å². The molecule has 1 unspecified atom stereocenters. The number of benzene rings is 1. The molecule has 0 aliphatic heterocycles. The van der Waals surface area contributed by atoms with Crippen molar-refractivity contribution < 1.29 is 9.13 Å². The number of tetrazole rings is 1. The summed E-state index contributed by atoms with van der Waals surface area (Å²) in [5, 5.41) is 15.1. The lowest BCUT2D eigenvalue weighted by Gasteiger charge is -2.13. The number of hydrogen-bond acceptors (Lipinski definition) is 5. The van der Waals surface area contributed by atoms with Crippen molar-refractivity contribution in [2.75, 3.05) is 20.3 Å². The molecule has 0 fully saturated rings. The average molecular weight is 293 g/mol. The molecule has 1 N–H and O–H groups in total. The first-order valence-electron chi connectivity index (χ1n) is 6.93. The number of methoxy groups -OCH3 is 1. The summed E-state index contributed by atoms with van der Waals surface area (Å²) >= 11 is 0. The fourth-order valence-corrected chi connectivity index (χ4v) is 2.04. The zero-order chi connectivity index (χ0) is 15.1. The summed E-state index contributed by atoms with van der Waals surface area (Å²) in [5.41, 5.74) is 1.05. The van der Waals surface area contributed by atoms with Crippen LogP contribution < -0.4 is 5.32 Å². The van der Waals surface area contributed by atoms with Crippen LogP contribution in [0.25, 0.3) is 0 Å². The number of rotatable bonds is 8. The highest BCUT2D eigenvalue weighted by Gasteiger charge is 2.13. The number of ether oxygens (including phenoxy) is 1. The molecule has 0 saturated heterocycles. The molecule has 0 aliphatic carbocycles. The molecule has 1 aromatic heterocycles. The number of halogens is 1. The zero-order valence-electron chi connectivity index (χ0n) is 12.3. The molecule has 1 aromatic carbocycles. The lowest BCUT2D eigenvalue weighted by Crippen LogP contribution is -2.26. The molecule has 0 bridgehead atoms. The minimum Gasteiger partial charge on any atom is -0.383 e. The second-order valence-electron chi connectivity index (χ2n) is 4.81. The van der Waals surface area contributed by atoms with E-state index in [-0.39, 0.29) is 11.9 Å². The van der Waals surface area contributed by atoms with E-state index in [2.05, 4.69) is 20.8 Å². The molecular formula is C14H20FN5O. The van der Waals surface area contributed by atoms with Crippen LogP contribution in [0.3, 0.4) is 0 Å². The largest absolute Gasteiger partial charge is 0.383 e. The Morgan fingerprint density at radius 3 is 2.81 bits per heavy atom. The summed E-state index contributed by atoms with van der Waals surface area (Å²) in [6.45, 7) is 4.05. The van der Waals surface area contributed by atoms with Crippen molar-refractivity contribution in [1.29, 1.82) is 0 Å². The van der Waals surface area contributed by atoms with Gasteiger partial charge in [0.05, 0.1) is 12.6 Å². The monoisotopic (exact) mass is 293 g/mol. The maximum atomic E-state index is 12.9. The second kappa shape index (κ2) is 7.80. The van der Waals surface area contributed by atoms with Crippen LogP contribution in [-0.4, -0.2) is 40.5 Å². The summed E-state index contributed by atoms with van der Waals surface area (Å²) in [6, 6.07) is 6.53. The van der Waals surface area contributed by atoms with Gasteiger partial charge in [-0.2, -0.15) is 0 Å². The van der Waals surface area contributed by atoms with Gasteiger partial charge in [0, 0.05) is 20.2 Å². The first-order valence-corrected chi connectivity index (χ1v) is 6.93. The van der Waals surface area contributed by atoms with Crippen LogP contribution in [0.15, 0.2) is 24.3 Å². The predicted octanol–water partition coefficient (Wildman–Crippen LogP) is 1.35. The summed E-state index contributed by atoms with van der Waals surface area (Å²) in [6.07, 6.45) is 0.753. The highest BCUT2D eigenvalue weighted by molar-refractivity contribution is 5.16. The van der Waals surface area contributed by atoms with E-state index in [1.165, 1.54) is 12.1 Å². The van der Waals surface area contributed by atoms with Crippen molar-refractivity contribution >= 4 is 0 Å². The highest BCUT2D eigenvalue weighted by atomic mass is 19.1. The van der Waals surface area contributed by atoms with E-state index in [1.807, 2.05) is 6.92 Å². The lowest BCUT2D eigenvalue weighted by molar-refractivity contribution is 0.195. The molecule has 0 aliphatic rings. The summed E-state index contributed by atoms with van der Waals surface area (Å²) in [5.74, 6) is 0.561. The third-order valence-corrected chi connectivity index (χ3v) is 3.23. The molecule has 1 atom stereocenters. The van der Waals surface area contributed by atoms with Crippen LogP contribution >= 0.6 is 0 Å². The molecule has 0 saturated carbocycles. The Hall–Kier alpha value is -1.86. The lowest BCUT2D eigenvalue weighted by atomic mass is 10.1. The van der Waals surface area contributed by atoms with Crippen LogP contribution in [0.1, 0.15) is 24.4 Å². The Morgan fingerprint density at radius 2 is 2.10 bits per heavy atom. The van der Waals surface area contributed by atoms with Gasteiger partial charge in [-0.05, 0) is 41.5 Å². The zero-order valence-corrected chi connectivity index (χ0v) is 12.3. The van der Waals surface area contributed by atoms with Crippen molar-refractivity contribution in [1.82, 2.24) is 25.5 Å². The molecule has 0 radical (unpaired) electrons. The van der Waals surface area contributed by atoms with E-state index >= 15 is 0 Å². The SMILES string of the molecule is COCCNC(C)c1nnnn1CCc1ccc(F)cc1. The van der Waals surface area contributed by atoms with Gasteiger partial charge in [-0.3, -0.25) is 0 Å². The normalized spacial score (nSPS) is 12.5. The topological polar surface area (TPSA) is 64.9 Å². The van der Waals surface area contributed by atoms with Gasteiger partial charge >= 0.3 is 0 Å². The van der Waals surface area contributed by atoms with Gasteiger partial charge in [0.15, 0.2) is 5.82 Å². The minimum absolute atomic E-state index is 0.0448. The Morgan fingerprint density at radius 1 is 1.33 bits per heavy atom. The van der Waals surface area contributed by atoms with E-state index in [0.717, 1.165) is 24.4 Å². The molecule has 2 aromatic rings. The molecule has 21 heavy (non-hydrogen) atoms. The molecule has 2 rings (SSSR count). The third-order valence-electron chi connectivity index (χ3n) is 3.23. The fourth-order valence-electron chi connectivity index (χ4n) is 2.04. The van der Waals surface area contributed by atoms with Crippen LogP contribution in [0.4, 0.5) is 4.39 Å². The summed E-state index contributed by atoms with van der Waals surface area (Å²) < 4.78 is 19.6. The van der Waals surface area contributed by atoms with E-state index < -0.39 is 0 Å². The average Bonchev–Trinajstić information content (AvgIpc) is 2.95. The van der Waals surface area contributed by atoms with Crippen LogP contribution in [-0.2, 0) is 17.7 Å². The molecule has 6 nitrogen and oxygen atoms in total. The first-order chi connectivity index (χ1) is 10.2. The third kappa shape index (κ3) is 4.57. The van der Waals surface area contributed by atoms with Crippen LogP contribution in [0, 0.1) is 5.82 Å². The molecule has 7 heteroatoms. The Kier molecular flexibility index (Phi) is 5.77. The number of nitrogens with one attached hydrogen (secondary N) is 1. The molecule has 114 valence electrons. The highest BCUT2D eigenvalue weighted by Crippen LogP contribution is 2.09. The van der Waals surface area contributed by atoms with Gasteiger partial charge in [-0.1, -0.05) is 12.1 Å². The van der Waals surface area contributed by atoms with Gasteiger partial charge in [-0.15, -0.1) is 5.10 Å². The standard InChI is InChI=1S/C14H20FN5O/c1-11(16-8-10-21-2)14-17-18-19-20(14)9-7-12-3-5-13(15)6-4-12/h3-6,11,16H,7-10H2,1-2H3. The fraction of sp³-hybridized carbons (Fsp3) is 0.500. The van der Waals surface area contributed by atoms with Crippen LogP contribution in [0.2, 0.25) is 0 Å². The number of hydrogen-bond donors (Lipinski definition) is 1. The van der Waals surface area contributed by atoms with Gasteiger partial charge in [0.2, 0.25) is 0 Å².